The highest BCUT2D eigenvalue weighted by molar-refractivity contribution is 14.1. The van der Waals surface area contributed by atoms with Gasteiger partial charge in [-0.15, -0.1) is 0 Å². The third-order valence-electron chi connectivity index (χ3n) is 10.9. The van der Waals surface area contributed by atoms with Gasteiger partial charge in [-0.2, -0.15) is 19.9 Å². The van der Waals surface area contributed by atoms with E-state index < -0.39 is 104 Å². The van der Waals surface area contributed by atoms with Gasteiger partial charge in [0, 0.05) is 68.7 Å². The van der Waals surface area contributed by atoms with Gasteiger partial charge in [0.1, 0.15) is 72.6 Å². The maximum Gasteiger partial charge on any atom is 0.351 e. The standard InChI is InChI=1S/2C10H15N3O4.C9H12IN3O4.C9H13N3O4.CH3F.CH4O/c2*1-5-3-13(10(16)12-9(5)11)8-2-6(15)7(4-14)17-8;10-4-2-13(9(16)12-8(4)11)7-1-5(15)6(3-14)17-7;10-7-1-2-12(9(15)11-7)8-3-5(14)6(4-13)16-8;2*1-2/h2*3,6-8,14-15H,2,4H2,1H3,(H2,11,12,16);2,5-7,14-15H,1,3H2,(H2,11,12,16);1-2,5-6,8,13-14H,3-4H2,(H2,10,11,15);1H3;2H,1H3/t2*6?,7-,8-;5?,6-,7-;5?,6-,8-;;/m1111../s1/i;;;;1D;. The molecule has 71 heavy (non-hydrogen) atoms. The van der Waals surface area contributed by atoms with Crippen LogP contribution in [0.5, 0.6) is 0 Å². The fourth-order valence-electron chi connectivity index (χ4n) is 7.08. The molecule has 4 saturated heterocycles. The van der Waals surface area contributed by atoms with Gasteiger partial charge in [-0.3, -0.25) is 22.7 Å². The Morgan fingerprint density at radius 3 is 1.15 bits per heavy atom. The molecule has 8 rings (SSSR count). The molecule has 4 fully saturated rings. The van der Waals surface area contributed by atoms with E-state index in [9.17, 15) is 44.0 Å². The number of alkyl halides is 1. The molecule has 4 aromatic rings. The Kier molecular flexibility index (Phi) is 23.2. The lowest BCUT2D eigenvalue weighted by Gasteiger charge is -2.15. The largest absolute Gasteiger partial charge is 0.400 e. The van der Waals surface area contributed by atoms with Crippen LogP contribution in [0.15, 0.2) is 50.0 Å². The van der Waals surface area contributed by atoms with Crippen molar-refractivity contribution in [3.8, 4) is 0 Å². The number of hydrogen-bond donors (Lipinski definition) is 13. The highest BCUT2D eigenvalue weighted by atomic mass is 127. The molecular formula is C40H62FIN12O17. The van der Waals surface area contributed by atoms with Crippen LogP contribution >= 0.6 is 22.6 Å². The Labute approximate surface area is 417 Å². The second kappa shape index (κ2) is 28.2. The number of hydrogen-bond acceptors (Lipinski definition) is 25. The first-order valence-electron chi connectivity index (χ1n) is 22.0. The van der Waals surface area contributed by atoms with Crippen LogP contribution in [0.1, 0.15) is 63.1 Å². The lowest BCUT2D eigenvalue weighted by atomic mass is 10.2. The van der Waals surface area contributed by atoms with Crippen LogP contribution in [0.2, 0.25) is 0 Å². The van der Waals surface area contributed by atoms with Crippen molar-refractivity contribution in [2.45, 2.75) is 113 Å². The molecule has 29 nitrogen and oxygen atoms in total. The minimum Gasteiger partial charge on any atom is -0.400 e. The van der Waals surface area contributed by atoms with Crippen LogP contribution < -0.4 is 45.7 Å². The Balaban J connectivity index is 0.000000246. The van der Waals surface area contributed by atoms with Crippen molar-refractivity contribution in [2.24, 2.45) is 0 Å². The van der Waals surface area contributed by atoms with Gasteiger partial charge in [0.25, 0.3) is 0 Å². The van der Waals surface area contributed by atoms with Gasteiger partial charge >= 0.3 is 22.8 Å². The number of aromatic nitrogens is 8. The third kappa shape index (κ3) is 15.7. The summed E-state index contributed by atoms with van der Waals surface area (Å²) in [4.78, 5) is 60.9. The number of nitrogens with two attached hydrogens (primary N) is 4. The molecule has 4 unspecified atom stereocenters. The first-order valence-corrected chi connectivity index (χ1v) is 22.4. The SMILES string of the molecule is CO.Cc1cn([C@H]2CC(O)[C@@H](CO)O2)c(=O)nc1N.Cc1cn([C@H]2CC(O)[C@@H](CO)O2)c(=O)nc1N.Nc1ccn([C@H]2CC(O)[C@@H](CO)O2)c(=O)n1.Nc1nc(=O)n([C@H]2CC(O)[C@@H](CO)O2)cc1I.[2H]CF. The van der Waals surface area contributed by atoms with E-state index in [0.717, 1.165) is 7.11 Å². The van der Waals surface area contributed by atoms with Gasteiger partial charge in [0.15, 0.2) is 0 Å². The van der Waals surface area contributed by atoms with Crippen LogP contribution in [0, 0.1) is 17.4 Å². The number of aliphatic hydroxyl groups is 9. The Hall–Kier alpha value is -5.14. The number of aryl methyl sites for hydroxylation is 2. The normalized spacial score (nSPS) is 27.5. The molecule has 4 aliphatic rings. The van der Waals surface area contributed by atoms with Gasteiger partial charge in [0.05, 0.1) is 62.9 Å². The molecule has 17 N–H and O–H groups in total. The van der Waals surface area contributed by atoms with Crippen molar-refractivity contribution < 1.29 is 70.7 Å². The van der Waals surface area contributed by atoms with Crippen LogP contribution in [-0.2, 0) is 18.9 Å². The average Bonchev–Trinajstić information content (AvgIpc) is 4.12. The summed E-state index contributed by atoms with van der Waals surface area (Å²) in [5, 5.41) is 81.1. The number of aliphatic hydroxyl groups excluding tert-OH is 9. The predicted molar refractivity (Wildman–Crippen MR) is 255 cm³/mol. The second-order valence-electron chi connectivity index (χ2n) is 15.7. The molecule has 0 saturated carbocycles. The van der Waals surface area contributed by atoms with E-state index in [0.29, 0.717) is 14.7 Å². The third-order valence-corrected chi connectivity index (χ3v) is 11.7. The molecule has 398 valence electrons. The Morgan fingerprint density at radius 2 is 0.859 bits per heavy atom. The molecule has 0 aromatic carbocycles. The maximum absolute atomic E-state index is 11.6. The van der Waals surface area contributed by atoms with E-state index in [4.69, 9.17) is 68.8 Å². The van der Waals surface area contributed by atoms with Gasteiger partial charge in [0.2, 0.25) is 0 Å². The van der Waals surface area contributed by atoms with E-state index in [1.165, 1.54) is 36.7 Å². The zero-order valence-corrected chi connectivity index (χ0v) is 40.8. The highest BCUT2D eigenvalue weighted by Gasteiger charge is 2.38. The lowest BCUT2D eigenvalue weighted by molar-refractivity contribution is -0.0459. The number of anilines is 4. The Bertz CT molecular complexity index is 2380. The minimum atomic E-state index is -1.00. The van der Waals surface area contributed by atoms with Crippen LogP contribution in [0.4, 0.5) is 27.7 Å². The van der Waals surface area contributed by atoms with E-state index in [2.05, 4.69) is 19.9 Å². The number of nitrogens with zero attached hydrogens (tertiary/aromatic N) is 8. The zero-order valence-electron chi connectivity index (χ0n) is 39.6. The molecule has 4 aliphatic heterocycles. The highest BCUT2D eigenvalue weighted by Crippen LogP contribution is 2.30. The summed E-state index contributed by atoms with van der Waals surface area (Å²) in [5.41, 5.74) is 21.1. The summed E-state index contributed by atoms with van der Waals surface area (Å²) in [7, 11) is 0. The van der Waals surface area contributed by atoms with E-state index in [-0.39, 0.29) is 75.4 Å². The monoisotopic (exact) mass is 1130 g/mol. The molecule has 4 aromatic heterocycles. The molecule has 0 aliphatic carbocycles. The summed E-state index contributed by atoms with van der Waals surface area (Å²) in [5.74, 6) is 0.676. The van der Waals surface area contributed by atoms with Crippen LogP contribution in [-0.4, -0.2) is 174 Å². The molecule has 0 radical (unpaired) electrons. The number of halogens is 2. The fraction of sp³-hybridized carbons (Fsp3) is 0.600. The van der Waals surface area contributed by atoms with Crippen molar-refractivity contribution in [1.29, 1.82) is 0 Å². The van der Waals surface area contributed by atoms with E-state index >= 15 is 0 Å². The summed E-state index contributed by atoms with van der Waals surface area (Å²) in [6, 6.07) is 1.48. The molecule has 0 spiro atoms. The molecule has 8 heterocycles. The van der Waals surface area contributed by atoms with E-state index in [1.807, 2.05) is 22.6 Å². The van der Waals surface area contributed by atoms with Crippen LogP contribution in [0.3, 0.4) is 0 Å². The van der Waals surface area contributed by atoms with Crippen molar-refractivity contribution in [3.05, 3.63) is 87.5 Å². The second-order valence-corrected chi connectivity index (χ2v) is 16.8. The molecular weight excluding hydrogens is 1070 g/mol. The smallest absolute Gasteiger partial charge is 0.351 e. The summed E-state index contributed by atoms with van der Waals surface area (Å²) < 4.78 is 42.6. The quantitative estimate of drug-likeness (QED) is 0.0737. The van der Waals surface area contributed by atoms with Gasteiger partial charge < -0.3 is 87.8 Å². The first-order chi connectivity index (χ1) is 34.1. The first kappa shape index (κ1) is 58.4. The Morgan fingerprint density at radius 1 is 0.577 bits per heavy atom. The predicted octanol–water partition coefficient (Wildman–Crippen LogP) is -4.72. The van der Waals surface area contributed by atoms with Crippen molar-refractivity contribution in [1.82, 2.24) is 38.2 Å². The molecule has 0 bridgehead atoms. The van der Waals surface area contributed by atoms with Gasteiger partial charge in [-0.25, -0.2) is 19.2 Å². The number of rotatable bonds is 8. The fourth-order valence-corrected chi connectivity index (χ4v) is 7.50. The van der Waals surface area contributed by atoms with Gasteiger partial charge in [-0.05, 0) is 42.5 Å². The summed E-state index contributed by atoms with van der Waals surface area (Å²) >= 11 is 1.96. The van der Waals surface area contributed by atoms with Crippen molar-refractivity contribution in [3.63, 3.8) is 0 Å². The average molecular weight is 1130 g/mol. The zero-order chi connectivity index (χ0) is 54.1. The van der Waals surface area contributed by atoms with Crippen molar-refractivity contribution >= 4 is 45.9 Å². The van der Waals surface area contributed by atoms with E-state index in [1.54, 1.807) is 26.2 Å². The maximum atomic E-state index is 11.6. The minimum absolute atomic E-state index is 0.138. The number of ether oxygens (including phenoxy) is 4. The summed E-state index contributed by atoms with van der Waals surface area (Å²) in [6.07, 6.45) is -1.15. The summed E-state index contributed by atoms with van der Waals surface area (Å²) in [6.45, 7) is 2.32. The molecule has 0 amide bonds. The number of nitrogen functional groups attached to an aromatic ring is 4. The van der Waals surface area contributed by atoms with Gasteiger partial charge in [-0.1, -0.05) is 0 Å². The van der Waals surface area contributed by atoms with Crippen molar-refractivity contribution in [2.75, 3.05) is 63.6 Å². The topological polar surface area (TPSA) is 463 Å². The molecule has 31 heteroatoms. The molecule has 12 atom stereocenters. The lowest BCUT2D eigenvalue weighted by Crippen LogP contribution is -2.28. The van der Waals surface area contributed by atoms with Crippen LogP contribution in [0.25, 0.3) is 0 Å².